The topological polar surface area (TPSA) is 147 Å². The van der Waals surface area contributed by atoms with Crippen LogP contribution < -0.4 is 16.4 Å². The van der Waals surface area contributed by atoms with Crippen molar-refractivity contribution in [2.24, 2.45) is 10.7 Å². The molecule has 3 aromatic carbocycles. The summed E-state index contributed by atoms with van der Waals surface area (Å²) in [6.07, 6.45) is 2.75. The van der Waals surface area contributed by atoms with Crippen LogP contribution in [0.4, 0.5) is 11.4 Å². The Morgan fingerprint density at radius 1 is 0.923 bits per heavy atom. The third-order valence-corrected chi connectivity index (χ3v) is 7.35. The number of aromatic nitrogens is 1. The molecule has 2 atom stereocenters. The number of carbonyl (C=O) groups is 2. The minimum Gasteiger partial charge on any atom is -0.481 e. The molecule has 198 valence electrons. The van der Waals surface area contributed by atoms with E-state index in [1.807, 2.05) is 30.3 Å². The molecule has 4 aromatic rings. The molecule has 9 nitrogen and oxygen atoms in total. The molecule has 2 unspecified atom stereocenters. The van der Waals surface area contributed by atoms with Gasteiger partial charge >= 0.3 is 5.97 Å². The third kappa shape index (κ3) is 7.83. The summed E-state index contributed by atoms with van der Waals surface area (Å²) < 4.78 is 13.4. The van der Waals surface area contributed by atoms with E-state index >= 15 is 0 Å². The van der Waals surface area contributed by atoms with Gasteiger partial charge in [-0.15, -0.1) is 0 Å². The maximum absolute atomic E-state index is 13.4. The van der Waals surface area contributed by atoms with Crippen LogP contribution in [0.5, 0.6) is 0 Å². The number of anilines is 2. The summed E-state index contributed by atoms with van der Waals surface area (Å²) in [5, 5.41) is 14.4. The number of aliphatic carboxylic acids is 1. The van der Waals surface area contributed by atoms with E-state index in [0.717, 1.165) is 5.56 Å². The van der Waals surface area contributed by atoms with Crippen LogP contribution in [0.1, 0.15) is 33.2 Å². The minimum atomic E-state index is -1.70. The van der Waals surface area contributed by atoms with Crippen LogP contribution in [-0.2, 0) is 22.1 Å². The molecule has 0 aliphatic carbocycles. The van der Waals surface area contributed by atoms with Crippen molar-refractivity contribution in [3.8, 4) is 0 Å². The predicted molar refractivity (Wildman–Crippen MR) is 152 cm³/mol. The van der Waals surface area contributed by atoms with Gasteiger partial charge in [-0.05, 0) is 53.6 Å². The summed E-state index contributed by atoms with van der Waals surface area (Å²) >= 11 is 0. The fourth-order valence-electron chi connectivity index (χ4n) is 3.79. The van der Waals surface area contributed by atoms with Gasteiger partial charge < -0.3 is 21.5 Å². The lowest BCUT2D eigenvalue weighted by Crippen LogP contribution is -2.23. The molecule has 0 spiro atoms. The van der Waals surface area contributed by atoms with E-state index in [4.69, 9.17) is 5.73 Å². The first-order valence-electron chi connectivity index (χ1n) is 12.0. The second kappa shape index (κ2) is 13.1. The lowest BCUT2D eigenvalue weighted by Gasteiger charge is -2.16. The third-order valence-electron chi connectivity index (χ3n) is 5.67. The Bertz CT molecular complexity index is 1500. The summed E-state index contributed by atoms with van der Waals surface area (Å²) in [6, 6.07) is 26.4. The van der Waals surface area contributed by atoms with E-state index in [1.54, 1.807) is 66.9 Å². The minimum absolute atomic E-state index is 0.219. The number of guanidine groups is 1. The van der Waals surface area contributed by atoms with Crippen LogP contribution in [-0.4, -0.2) is 32.1 Å². The van der Waals surface area contributed by atoms with Crippen molar-refractivity contribution in [3.63, 3.8) is 0 Å². The number of carboxylic acid groups (broad SMARTS) is 1. The first-order chi connectivity index (χ1) is 18.9. The van der Waals surface area contributed by atoms with Crippen LogP contribution in [0.25, 0.3) is 0 Å². The highest BCUT2D eigenvalue weighted by molar-refractivity contribution is 7.85. The van der Waals surface area contributed by atoms with Gasteiger partial charge in [0.25, 0.3) is 5.91 Å². The number of nitrogens with zero attached hydrogens (tertiary/aromatic N) is 2. The Balaban J connectivity index is 1.45. The zero-order valence-corrected chi connectivity index (χ0v) is 21.7. The number of amides is 1. The van der Waals surface area contributed by atoms with Crippen molar-refractivity contribution in [2.45, 2.75) is 23.1 Å². The van der Waals surface area contributed by atoms with Crippen LogP contribution in [0.15, 0.2) is 113 Å². The van der Waals surface area contributed by atoms with Gasteiger partial charge in [0.05, 0.1) is 29.0 Å². The summed E-state index contributed by atoms with van der Waals surface area (Å²) in [5.41, 5.74) is 8.99. The molecule has 1 heterocycles. The van der Waals surface area contributed by atoms with Gasteiger partial charge in [-0.3, -0.25) is 18.8 Å². The fraction of sp³-hybridized carbons (Fsp3) is 0.103. The van der Waals surface area contributed by atoms with Crippen LogP contribution in [0.3, 0.4) is 0 Å². The molecule has 39 heavy (non-hydrogen) atoms. The van der Waals surface area contributed by atoms with Crippen molar-refractivity contribution in [1.29, 1.82) is 0 Å². The van der Waals surface area contributed by atoms with E-state index in [0.29, 0.717) is 33.9 Å². The Kier molecular flexibility index (Phi) is 9.15. The second-order valence-electron chi connectivity index (χ2n) is 8.55. The van der Waals surface area contributed by atoms with Gasteiger partial charge in [-0.1, -0.05) is 48.5 Å². The number of carboxylic acids is 1. The van der Waals surface area contributed by atoms with Gasteiger partial charge in [0.1, 0.15) is 0 Å². The van der Waals surface area contributed by atoms with Crippen molar-refractivity contribution in [1.82, 2.24) is 4.98 Å². The zero-order valence-electron chi connectivity index (χ0n) is 20.9. The molecule has 4 rings (SSSR count). The number of nitrogens with one attached hydrogen (secondary N) is 2. The molecule has 0 saturated carbocycles. The molecule has 0 saturated heterocycles. The molecule has 0 aliphatic heterocycles. The first-order valence-corrected chi connectivity index (χ1v) is 13.2. The van der Waals surface area contributed by atoms with Crippen molar-refractivity contribution < 1.29 is 18.9 Å². The fourth-order valence-corrected chi connectivity index (χ4v) is 5.26. The monoisotopic (exact) mass is 541 g/mol. The SMILES string of the molecule is NC(=NCc1ccccc1)Nc1cccc(C(=O)Nc2cccc(S(=O)C(CC(=O)O)c3cccnc3)c2)c1. The number of pyridine rings is 1. The highest BCUT2D eigenvalue weighted by atomic mass is 32.2. The van der Waals surface area contributed by atoms with E-state index in [2.05, 4.69) is 20.6 Å². The molecule has 0 aliphatic rings. The number of hydrogen-bond donors (Lipinski definition) is 4. The first kappa shape index (κ1) is 27.2. The van der Waals surface area contributed by atoms with Crippen LogP contribution in [0.2, 0.25) is 0 Å². The largest absolute Gasteiger partial charge is 0.481 e. The number of hydrogen-bond acceptors (Lipinski definition) is 5. The maximum Gasteiger partial charge on any atom is 0.304 e. The van der Waals surface area contributed by atoms with Gasteiger partial charge in [0, 0.05) is 34.2 Å². The standard InChI is InChI=1S/C29H27N5O4S/c30-29(32-18-20-7-2-1-3-8-20)34-23-11-4-9-21(15-23)28(37)33-24-12-5-13-25(16-24)39(38)26(17-27(35)36)22-10-6-14-31-19-22/h1-16,19,26H,17-18H2,(H,33,37)(H,35,36)(H3,30,32,34). The Morgan fingerprint density at radius 2 is 1.67 bits per heavy atom. The van der Waals surface area contributed by atoms with Crippen LogP contribution in [0, 0.1) is 0 Å². The Morgan fingerprint density at radius 3 is 2.38 bits per heavy atom. The quantitative estimate of drug-likeness (QED) is 0.170. The lowest BCUT2D eigenvalue weighted by molar-refractivity contribution is -0.137. The molecular formula is C29H27N5O4S. The highest BCUT2D eigenvalue weighted by Gasteiger charge is 2.24. The molecule has 5 N–H and O–H groups in total. The van der Waals surface area contributed by atoms with Gasteiger partial charge in [0.15, 0.2) is 5.96 Å². The number of carbonyl (C=O) groups excluding carboxylic acids is 1. The maximum atomic E-state index is 13.4. The molecule has 1 aromatic heterocycles. The zero-order chi connectivity index (χ0) is 27.6. The Hall–Kier alpha value is -4.83. The van der Waals surface area contributed by atoms with Crippen molar-refractivity contribution in [3.05, 3.63) is 120 Å². The number of benzene rings is 3. The lowest BCUT2D eigenvalue weighted by atomic mass is 10.1. The average molecular weight is 542 g/mol. The van der Waals surface area contributed by atoms with E-state index < -0.39 is 22.0 Å². The molecular weight excluding hydrogens is 514 g/mol. The highest BCUT2D eigenvalue weighted by Crippen LogP contribution is 2.29. The van der Waals surface area contributed by atoms with E-state index in [1.165, 1.54) is 6.20 Å². The Labute approximate surface area is 228 Å². The molecule has 10 heteroatoms. The molecule has 0 bridgehead atoms. The smallest absolute Gasteiger partial charge is 0.304 e. The van der Waals surface area contributed by atoms with E-state index in [-0.39, 0.29) is 18.3 Å². The van der Waals surface area contributed by atoms with Crippen molar-refractivity contribution >= 4 is 40.0 Å². The number of aliphatic imine (C=N–C) groups is 1. The molecule has 0 radical (unpaired) electrons. The normalized spacial score (nSPS) is 12.8. The molecule has 1 amide bonds. The summed E-state index contributed by atoms with van der Waals surface area (Å²) in [6.45, 7) is 0.422. The molecule has 0 fully saturated rings. The number of nitrogens with two attached hydrogens (primary N) is 1. The van der Waals surface area contributed by atoms with Gasteiger partial charge in [-0.25, -0.2) is 4.99 Å². The van der Waals surface area contributed by atoms with Crippen LogP contribution >= 0.6 is 0 Å². The summed E-state index contributed by atoms with van der Waals surface area (Å²) in [4.78, 5) is 33.2. The predicted octanol–water partition coefficient (Wildman–Crippen LogP) is 4.58. The average Bonchev–Trinajstić information content (AvgIpc) is 2.95. The summed E-state index contributed by atoms with van der Waals surface area (Å²) in [7, 11) is -1.70. The number of rotatable bonds is 10. The summed E-state index contributed by atoms with van der Waals surface area (Å²) in [5.74, 6) is -1.23. The van der Waals surface area contributed by atoms with Gasteiger partial charge in [-0.2, -0.15) is 0 Å². The van der Waals surface area contributed by atoms with E-state index in [9.17, 15) is 18.9 Å². The van der Waals surface area contributed by atoms with Crippen molar-refractivity contribution in [2.75, 3.05) is 10.6 Å². The second-order valence-corrected chi connectivity index (χ2v) is 10.2. The van der Waals surface area contributed by atoms with Gasteiger partial charge in [0.2, 0.25) is 0 Å².